The predicted molar refractivity (Wildman–Crippen MR) is 61.0 cm³/mol. The molecule has 0 bridgehead atoms. The first-order valence-electron chi connectivity index (χ1n) is 4.37. The first-order valence-corrected chi connectivity index (χ1v) is 5.73. The maximum Gasteiger partial charge on any atom is 0.249 e. The van der Waals surface area contributed by atoms with Crippen LogP contribution in [-0.2, 0) is 0 Å². The van der Waals surface area contributed by atoms with E-state index >= 15 is 0 Å². The van der Waals surface area contributed by atoms with Gasteiger partial charge in [-0.3, -0.25) is 4.79 Å². The summed E-state index contributed by atoms with van der Waals surface area (Å²) in [5.41, 5.74) is 5.75. The van der Waals surface area contributed by atoms with Crippen LogP contribution in [0.15, 0.2) is 23.1 Å². The summed E-state index contributed by atoms with van der Waals surface area (Å²) in [6.45, 7) is 2.09. The van der Waals surface area contributed by atoms with Crippen LogP contribution in [0.5, 0.6) is 0 Å². The van der Waals surface area contributed by atoms with Crippen LogP contribution >= 0.6 is 23.4 Å². The number of hydrogen-bond donors (Lipinski definition) is 1. The lowest BCUT2D eigenvalue weighted by atomic mass is 10.2. The van der Waals surface area contributed by atoms with Gasteiger partial charge in [-0.25, -0.2) is 0 Å². The number of halogens is 1. The molecule has 0 atom stereocenters. The molecule has 0 radical (unpaired) electrons. The van der Waals surface area contributed by atoms with E-state index in [1.807, 2.05) is 6.07 Å². The Bertz CT molecular complexity index is 341. The lowest BCUT2D eigenvalue weighted by Gasteiger charge is -2.05. The summed E-state index contributed by atoms with van der Waals surface area (Å²) in [6.07, 6.45) is 1.06. The van der Waals surface area contributed by atoms with E-state index in [0.717, 1.165) is 17.1 Å². The van der Waals surface area contributed by atoms with Gasteiger partial charge in [-0.05, 0) is 30.4 Å². The maximum absolute atomic E-state index is 11.1. The minimum absolute atomic E-state index is 0.425. The monoisotopic (exact) mass is 229 g/mol. The highest BCUT2D eigenvalue weighted by Crippen LogP contribution is 2.25. The fourth-order valence-corrected chi connectivity index (χ4v) is 2.11. The summed E-state index contributed by atoms with van der Waals surface area (Å²) >= 11 is 7.40. The van der Waals surface area contributed by atoms with Crippen LogP contribution in [0.2, 0.25) is 5.02 Å². The minimum Gasteiger partial charge on any atom is -0.366 e. The van der Waals surface area contributed by atoms with Crippen molar-refractivity contribution in [2.75, 3.05) is 5.75 Å². The van der Waals surface area contributed by atoms with Crippen LogP contribution in [0.25, 0.3) is 0 Å². The van der Waals surface area contributed by atoms with Gasteiger partial charge >= 0.3 is 0 Å². The zero-order chi connectivity index (χ0) is 10.6. The molecule has 0 spiro atoms. The summed E-state index contributed by atoms with van der Waals surface area (Å²) in [5, 5.41) is 0.541. The highest BCUT2D eigenvalue weighted by atomic mass is 35.5. The van der Waals surface area contributed by atoms with Crippen molar-refractivity contribution in [1.82, 2.24) is 0 Å². The largest absolute Gasteiger partial charge is 0.366 e. The Kier molecular flexibility index (Phi) is 4.29. The van der Waals surface area contributed by atoms with E-state index in [0.29, 0.717) is 10.6 Å². The molecule has 76 valence electrons. The molecule has 0 saturated heterocycles. The van der Waals surface area contributed by atoms with Crippen molar-refractivity contribution in [3.63, 3.8) is 0 Å². The number of nitrogens with two attached hydrogens (primary N) is 1. The lowest BCUT2D eigenvalue weighted by molar-refractivity contribution is 0.0997. The molecule has 0 unspecified atom stereocenters. The van der Waals surface area contributed by atoms with Gasteiger partial charge in [-0.2, -0.15) is 0 Å². The second kappa shape index (κ2) is 5.27. The standard InChI is InChI=1S/C10H12ClNOS/c1-2-5-14-9-4-3-7(11)6-8(9)10(12)13/h3-4,6H,2,5H2,1H3,(H2,12,13). The molecule has 0 saturated carbocycles. The number of amides is 1. The van der Waals surface area contributed by atoms with Crippen molar-refractivity contribution in [3.05, 3.63) is 28.8 Å². The Balaban J connectivity index is 2.96. The number of carbonyl (C=O) groups is 1. The third kappa shape index (κ3) is 2.93. The van der Waals surface area contributed by atoms with Gasteiger partial charge in [0.15, 0.2) is 0 Å². The van der Waals surface area contributed by atoms with Gasteiger partial charge in [0.25, 0.3) is 0 Å². The van der Waals surface area contributed by atoms with E-state index in [4.69, 9.17) is 17.3 Å². The molecule has 0 aromatic heterocycles. The average molecular weight is 230 g/mol. The number of hydrogen-bond acceptors (Lipinski definition) is 2. The third-order valence-electron chi connectivity index (χ3n) is 1.67. The SMILES string of the molecule is CCCSc1ccc(Cl)cc1C(N)=O. The van der Waals surface area contributed by atoms with Gasteiger partial charge in [0.2, 0.25) is 5.91 Å². The molecule has 4 heteroatoms. The highest BCUT2D eigenvalue weighted by molar-refractivity contribution is 7.99. The number of carbonyl (C=O) groups excluding carboxylic acids is 1. The Morgan fingerprint density at radius 2 is 2.29 bits per heavy atom. The van der Waals surface area contributed by atoms with Gasteiger partial charge in [-0.15, -0.1) is 11.8 Å². The van der Waals surface area contributed by atoms with E-state index < -0.39 is 5.91 Å². The highest BCUT2D eigenvalue weighted by Gasteiger charge is 2.08. The van der Waals surface area contributed by atoms with Crippen molar-refractivity contribution >= 4 is 29.3 Å². The maximum atomic E-state index is 11.1. The van der Waals surface area contributed by atoms with Crippen LogP contribution < -0.4 is 5.73 Å². The van der Waals surface area contributed by atoms with Crippen LogP contribution in [0.1, 0.15) is 23.7 Å². The molecule has 0 heterocycles. The molecule has 1 aromatic carbocycles. The first-order chi connectivity index (χ1) is 6.65. The van der Waals surface area contributed by atoms with E-state index in [1.165, 1.54) is 0 Å². The van der Waals surface area contributed by atoms with Crippen LogP contribution in [0, 0.1) is 0 Å². The van der Waals surface area contributed by atoms with Gasteiger partial charge in [0, 0.05) is 9.92 Å². The first kappa shape index (κ1) is 11.4. The quantitative estimate of drug-likeness (QED) is 0.807. The van der Waals surface area contributed by atoms with Crippen molar-refractivity contribution in [1.29, 1.82) is 0 Å². The molecule has 2 N–H and O–H groups in total. The Labute approximate surface area is 92.8 Å². The molecule has 0 aliphatic heterocycles. The third-order valence-corrected chi connectivity index (χ3v) is 3.18. The van der Waals surface area contributed by atoms with Gasteiger partial charge in [0.1, 0.15) is 0 Å². The van der Waals surface area contributed by atoms with Gasteiger partial charge < -0.3 is 5.73 Å². The second-order valence-electron chi connectivity index (χ2n) is 2.85. The van der Waals surface area contributed by atoms with Crippen molar-refractivity contribution in [2.24, 2.45) is 5.73 Å². The van der Waals surface area contributed by atoms with E-state index in [2.05, 4.69) is 6.92 Å². The topological polar surface area (TPSA) is 43.1 Å². The molecule has 1 amide bonds. The summed E-state index contributed by atoms with van der Waals surface area (Å²) in [7, 11) is 0. The fourth-order valence-electron chi connectivity index (χ4n) is 1.03. The van der Waals surface area contributed by atoms with E-state index in [9.17, 15) is 4.79 Å². The summed E-state index contributed by atoms with van der Waals surface area (Å²) in [6, 6.07) is 5.22. The molecule has 1 rings (SSSR count). The predicted octanol–water partition coefficient (Wildman–Crippen LogP) is 2.94. The number of benzene rings is 1. The molecule has 0 aliphatic rings. The number of thioether (sulfide) groups is 1. The zero-order valence-electron chi connectivity index (χ0n) is 7.92. The fraction of sp³-hybridized carbons (Fsp3) is 0.300. The lowest BCUT2D eigenvalue weighted by Crippen LogP contribution is -2.12. The minimum atomic E-state index is -0.425. The molecular formula is C10H12ClNOS. The summed E-state index contributed by atoms with van der Waals surface area (Å²) in [5.74, 6) is 0.549. The van der Waals surface area contributed by atoms with E-state index in [-0.39, 0.29) is 0 Å². The Hall–Kier alpha value is -0.670. The molecule has 0 fully saturated rings. The summed E-state index contributed by atoms with van der Waals surface area (Å²) in [4.78, 5) is 12.0. The zero-order valence-corrected chi connectivity index (χ0v) is 9.49. The number of rotatable bonds is 4. The molecular weight excluding hydrogens is 218 g/mol. The van der Waals surface area contributed by atoms with E-state index in [1.54, 1.807) is 23.9 Å². The smallest absolute Gasteiger partial charge is 0.249 e. The average Bonchev–Trinajstić information content (AvgIpc) is 2.15. The molecule has 14 heavy (non-hydrogen) atoms. The second-order valence-corrected chi connectivity index (χ2v) is 4.43. The van der Waals surface area contributed by atoms with Crippen molar-refractivity contribution in [3.8, 4) is 0 Å². The van der Waals surface area contributed by atoms with Gasteiger partial charge in [-0.1, -0.05) is 18.5 Å². The number of primary amides is 1. The molecule has 0 aliphatic carbocycles. The van der Waals surface area contributed by atoms with Crippen molar-refractivity contribution < 1.29 is 4.79 Å². The van der Waals surface area contributed by atoms with Crippen LogP contribution in [0.3, 0.4) is 0 Å². The Morgan fingerprint density at radius 3 is 2.86 bits per heavy atom. The van der Waals surface area contributed by atoms with Gasteiger partial charge in [0.05, 0.1) is 5.56 Å². The molecule has 2 nitrogen and oxygen atoms in total. The summed E-state index contributed by atoms with van der Waals surface area (Å²) < 4.78 is 0. The van der Waals surface area contributed by atoms with Crippen LogP contribution in [-0.4, -0.2) is 11.7 Å². The normalized spacial score (nSPS) is 10.1. The Morgan fingerprint density at radius 1 is 1.57 bits per heavy atom. The molecule has 1 aromatic rings. The van der Waals surface area contributed by atoms with Crippen LogP contribution in [0.4, 0.5) is 0 Å². The van der Waals surface area contributed by atoms with Crippen molar-refractivity contribution in [2.45, 2.75) is 18.2 Å².